The van der Waals surface area contributed by atoms with Gasteiger partial charge in [0.05, 0.1) is 55.0 Å². The number of rotatable bonds is 7. The maximum atomic E-state index is 14.9. The van der Waals surface area contributed by atoms with Crippen molar-refractivity contribution >= 4 is 41.2 Å². The first-order valence-electron chi connectivity index (χ1n) is 18.9. The minimum atomic E-state index is -0.637. The first kappa shape index (κ1) is 42.3. The number of carbonyl (C=O) groups is 5. The van der Waals surface area contributed by atoms with Gasteiger partial charge in [-0.2, -0.15) is 5.10 Å². The summed E-state index contributed by atoms with van der Waals surface area (Å²) in [7, 11) is 3.64. The Morgan fingerprint density at radius 1 is 0.842 bits per heavy atom. The van der Waals surface area contributed by atoms with E-state index in [1.165, 1.54) is 35.8 Å². The maximum Gasteiger partial charge on any atom is 0.414 e. The number of ether oxygens (including phenoxy) is 2. The van der Waals surface area contributed by atoms with Crippen LogP contribution in [0.25, 0.3) is 11.3 Å². The fourth-order valence-electron chi connectivity index (χ4n) is 7.09. The van der Waals surface area contributed by atoms with Gasteiger partial charge in [0.25, 0.3) is 0 Å². The second-order valence-corrected chi connectivity index (χ2v) is 14.3. The van der Waals surface area contributed by atoms with Crippen LogP contribution in [0.2, 0.25) is 0 Å². The maximum absolute atomic E-state index is 14.9. The zero-order valence-electron chi connectivity index (χ0n) is 32.7. The molecule has 4 aliphatic rings. The summed E-state index contributed by atoms with van der Waals surface area (Å²) in [5, 5.41) is 19.7. The van der Waals surface area contributed by atoms with Gasteiger partial charge in [-0.25, -0.2) is 18.4 Å². The molecule has 1 aromatic heterocycles. The van der Waals surface area contributed by atoms with E-state index in [1.807, 2.05) is 20.2 Å². The smallest absolute Gasteiger partial charge is 0.414 e. The monoisotopic (exact) mass is 793 g/mol. The summed E-state index contributed by atoms with van der Waals surface area (Å²) >= 11 is 0. The number of aromatic nitrogens is 2. The minimum absolute atomic E-state index is 0.0803. The number of benzene rings is 2. The van der Waals surface area contributed by atoms with Gasteiger partial charge in [0.1, 0.15) is 23.8 Å². The predicted molar refractivity (Wildman–Crippen MR) is 207 cm³/mol. The van der Waals surface area contributed by atoms with Crippen LogP contribution in [0.3, 0.4) is 0 Å². The molecule has 0 spiro atoms. The number of Topliss-reactive ketones (excluding diaryl/α,β-unsaturated/α-hetero) is 1. The number of nitrogens with one attached hydrogen (secondary N) is 3. The molecule has 2 fully saturated rings. The number of hydrogen-bond acceptors (Lipinski definition) is 10. The predicted octanol–water partition coefficient (Wildman–Crippen LogP) is 4.42. The van der Waals surface area contributed by atoms with Crippen LogP contribution < -0.4 is 20.4 Å². The molecule has 2 aliphatic carbocycles. The summed E-state index contributed by atoms with van der Waals surface area (Å²) < 4.78 is 40.3. The second kappa shape index (κ2) is 18.9. The number of allylic oxidation sites excluding steroid dienone is 1. The average Bonchev–Trinajstić information content (AvgIpc) is 3.81. The van der Waals surface area contributed by atoms with E-state index < -0.39 is 30.2 Å². The van der Waals surface area contributed by atoms with Crippen molar-refractivity contribution < 1.29 is 47.3 Å². The molecule has 57 heavy (non-hydrogen) atoms. The van der Waals surface area contributed by atoms with Crippen molar-refractivity contribution in [3.05, 3.63) is 76.1 Å². The van der Waals surface area contributed by atoms with Crippen LogP contribution in [-0.4, -0.2) is 109 Å². The number of ketones is 1. The topological polar surface area (TPSA) is 186 Å². The lowest BCUT2D eigenvalue weighted by molar-refractivity contribution is -0.120. The molecule has 3 heterocycles. The molecule has 3 aromatic rings. The van der Waals surface area contributed by atoms with Gasteiger partial charge in [-0.1, -0.05) is 0 Å². The van der Waals surface area contributed by atoms with E-state index >= 15 is 0 Å². The first-order valence-corrected chi connectivity index (χ1v) is 18.9. The Hall–Kier alpha value is -5.84. The number of aryl methyl sites for hydroxylation is 3. The Morgan fingerprint density at radius 3 is 1.82 bits per heavy atom. The van der Waals surface area contributed by atoms with Crippen molar-refractivity contribution in [2.75, 3.05) is 56.7 Å². The molecule has 2 atom stereocenters. The lowest BCUT2D eigenvalue weighted by atomic mass is 9.98. The molecular formula is C40H49F2N7O8. The zero-order chi connectivity index (χ0) is 41.4. The van der Waals surface area contributed by atoms with E-state index in [9.17, 15) is 32.8 Å². The van der Waals surface area contributed by atoms with E-state index in [4.69, 9.17) is 14.6 Å². The number of hydrogen-bond donors (Lipinski definition) is 4. The number of aliphatic hydroxyl groups excluding tert-OH is 1. The Balaban J connectivity index is 0.000000204. The molecule has 2 aromatic carbocycles. The molecule has 17 heteroatoms. The fraction of sp³-hybridized carbons (Fsp3) is 0.450. The van der Waals surface area contributed by atoms with Gasteiger partial charge in [0.15, 0.2) is 5.78 Å². The van der Waals surface area contributed by atoms with Crippen molar-refractivity contribution in [3.63, 3.8) is 0 Å². The van der Waals surface area contributed by atoms with Crippen molar-refractivity contribution in [1.82, 2.24) is 25.7 Å². The highest BCUT2D eigenvalue weighted by molar-refractivity contribution is 6.10. The molecule has 4 N–H and O–H groups in total. The number of carbonyl (C=O) groups excluding carboxylic acids is 5. The van der Waals surface area contributed by atoms with Crippen LogP contribution in [0.1, 0.15) is 67.1 Å². The molecule has 2 aliphatic heterocycles. The standard InChI is InChI=1S/C20H24FN3O4.C18H19FN4O3.C2H6O/c1-12(25)22-9-16-11-24(20(27)28-16)15-7-13-5-4-6-14(10-23(2)3)19(26)18(13)17(21)8-15;1-10(24)20-8-14-9-23(18(25)26-14)13-5-11-3-2-4-12-7-21-22-17(12)16(11)15(19)6-13;1-2-3/h7-8,10,16H,4-6,9,11H2,1-3H3,(H,22,25);5-7,14H,2-4,8-9H2,1H3,(H,20,24)(H,21,22);3H,2H2,1H3/b14-10+;;/t16-;14-;/m00./s1. The van der Waals surface area contributed by atoms with Crippen LogP contribution in [0.5, 0.6) is 0 Å². The van der Waals surface area contributed by atoms with Gasteiger partial charge in [-0.3, -0.25) is 29.3 Å². The van der Waals surface area contributed by atoms with Crippen LogP contribution in [0.4, 0.5) is 29.7 Å². The number of anilines is 2. The number of H-pyrrole nitrogens is 1. The highest BCUT2D eigenvalue weighted by Gasteiger charge is 2.35. The van der Waals surface area contributed by atoms with Gasteiger partial charge in [0, 0.05) is 51.9 Å². The molecule has 7 rings (SSSR count). The van der Waals surface area contributed by atoms with Gasteiger partial charge in [-0.05, 0) is 86.4 Å². The third kappa shape index (κ3) is 10.3. The molecule has 306 valence electrons. The molecule has 2 saturated heterocycles. The van der Waals surface area contributed by atoms with Crippen LogP contribution in [0.15, 0.2) is 42.2 Å². The van der Waals surface area contributed by atoms with Crippen molar-refractivity contribution in [2.24, 2.45) is 0 Å². The second-order valence-electron chi connectivity index (χ2n) is 14.3. The molecular weight excluding hydrogens is 744 g/mol. The molecule has 4 amide bonds. The summed E-state index contributed by atoms with van der Waals surface area (Å²) in [4.78, 5) is 63.8. The summed E-state index contributed by atoms with van der Waals surface area (Å²) in [6.45, 7) is 5.63. The van der Waals surface area contributed by atoms with Crippen LogP contribution in [-0.2, 0) is 38.3 Å². The third-order valence-electron chi connectivity index (χ3n) is 9.53. The highest BCUT2D eigenvalue weighted by atomic mass is 19.1. The fourth-order valence-corrected chi connectivity index (χ4v) is 7.09. The Bertz CT molecular complexity index is 2030. The number of cyclic esters (lactones) is 2. The van der Waals surface area contributed by atoms with E-state index in [1.54, 1.807) is 30.3 Å². The lowest BCUT2D eigenvalue weighted by Crippen LogP contribution is -2.33. The van der Waals surface area contributed by atoms with Gasteiger partial charge in [0.2, 0.25) is 11.8 Å². The molecule has 15 nitrogen and oxygen atoms in total. The number of aliphatic hydroxyl groups is 1. The molecule has 0 radical (unpaired) electrons. The number of nitrogens with zero attached hydrogens (tertiary/aromatic N) is 4. The van der Waals surface area contributed by atoms with Gasteiger partial charge >= 0.3 is 12.2 Å². The van der Waals surface area contributed by atoms with E-state index in [0.717, 1.165) is 36.8 Å². The Labute approximate surface area is 329 Å². The molecule has 0 unspecified atom stereocenters. The van der Waals surface area contributed by atoms with E-state index in [2.05, 4.69) is 20.8 Å². The van der Waals surface area contributed by atoms with Crippen LogP contribution >= 0.6 is 0 Å². The average molecular weight is 794 g/mol. The van der Waals surface area contributed by atoms with Crippen molar-refractivity contribution in [2.45, 2.75) is 71.5 Å². The van der Waals surface area contributed by atoms with Gasteiger partial charge in [-0.15, -0.1) is 0 Å². The quantitative estimate of drug-likeness (QED) is 0.197. The van der Waals surface area contributed by atoms with Gasteiger partial charge < -0.3 is 30.1 Å². The summed E-state index contributed by atoms with van der Waals surface area (Å²) in [6, 6.07) is 6.10. The zero-order valence-corrected chi connectivity index (χ0v) is 32.7. The Kier molecular flexibility index (Phi) is 14.0. The lowest BCUT2D eigenvalue weighted by Gasteiger charge is -2.17. The number of aromatic amines is 1. The molecule has 0 saturated carbocycles. The number of amides is 4. The number of fused-ring (bicyclic) bond motifs is 4. The first-order chi connectivity index (χ1) is 27.2. The minimum Gasteiger partial charge on any atom is -0.442 e. The normalized spacial score (nSPS) is 19.0. The summed E-state index contributed by atoms with van der Waals surface area (Å²) in [6.07, 6.45) is 5.67. The van der Waals surface area contributed by atoms with E-state index in [-0.39, 0.29) is 61.8 Å². The SMILES string of the molecule is CC(=O)NC[C@H]1CN(c2cc(F)c3c(c2)CCC/C(=C\N(C)C)C3=O)C(=O)O1.CC(=O)NC[C@H]1CN(c2cc(F)c3c(c2)CCCc2cn[nH]c2-3)C(=O)O1.CCO. The van der Waals surface area contributed by atoms with Crippen molar-refractivity contribution in [3.8, 4) is 11.3 Å². The highest BCUT2D eigenvalue weighted by Crippen LogP contribution is 2.37. The van der Waals surface area contributed by atoms with Crippen LogP contribution in [0, 0.1) is 11.6 Å². The summed E-state index contributed by atoms with van der Waals surface area (Å²) in [5.74, 6) is -1.74. The largest absolute Gasteiger partial charge is 0.442 e. The molecule has 0 bridgehead atoms. The summed E-state index contributed by atoms with van der Waals surface area (Å²) in [5.41, 5.74) is 5.19. The van der Waals surface area contributed by atoms with Crippen molar-refractivity contribution in [1.29, 1.82) is 0 Å². The third-order valence-corrected chi connectivity index (χ3v) is 9.53. The Morgan fingerprint density at radius 2 is 1.32 bits per heavy atom. The number of halogens is 2. The van der Waals surface area contributed by atoms with E-state index in [0.29, 0.717) is 46.6 Å².